The van der Waals surface area contributed by atoms with Crippen LogP contribution in [0.25, 0.3) is 0 Å². The summed E-state index contributed by atoms with van der Waals surface area (Å²) < 4.78 is 5.33. The van der Waals surface area contributed by atoms with Gasteiger partial charge in [0.05, 0.1) is 19.4 Å². The van der Waals surface area contributed by atoms with E-state index in [0.29, 0.717) is 39.9 Å². The molecule has 33 heavy (non-hydrogen) atoms. The maximum absolute atomic E-state index is 13.7. The first-order chi connectivity index (χ1) is 15.6. The van der Waals surface area contributed by atoms with Crippen LogP contribution >= 0.6 is 0 Å². The van der Waals surface area contributed by atoms with Gasteiger partial charge in [-0.3, -0.25) is 15.0 Å². The van der Waals surface area contributed by atoms with Crippen molar-refractivity contribution < 1.29 is 19.3 Å². The molecule has 176 valence electrons. The lowest BCUT2D eigenvalue weighted by atomic mass is 9.82. The summed E-state index contributed by atoms with van der Waals surface area (Å²) >= 11 is 0. The van der Waals surface area contributed by atoms with Crippen molar-refractivity contribution in [2.24, 2.45) is 16.4 Å². The molecule has 1 atom stereocenters. The van der Waals surface area contributed by atoms with E-state index >= 15 is 0 Å². The van der Waals surface area contributed by atoms with E-state index in [0.717, 1.165) is 0 Å². The predicted molar refractivity (Wildman–Crippen MR) is 132 cm³/mol. The van der Waals surface area contributed by atoms with E-state index in [4.69, 9.17) is 10.6 Å². The Morgan fingerprint density at radius 3 is 2.55 bits per heavy atom. The molecule has 2 aromatic carbocycles. The number of rotatable bonds is 7. The van der Waals surface area contributed by atoms with Gasteiger partial charge in [-0.15, -0.1) is 0 Å². The van der Waals surface area contributed by atoms with E-state index in [2.05, 4.69) is 10.5 Å². The Morgan fingerprint density at radius 1 is 1.30 bits per heavy atom. The Kier molecular flexibility index (Phi) is 8.65. The number of hydrogen-bond donors (Lipinski definition) is 3. The molecule has 0 heterocycles. The van der Waals surface area contributed by atoms with Gasteiger partial charge in [-0.1, -0.05) is 45.9 Å². The number of benzene rings is 2. The fraction of sp³-hybridized carbons (Fsp3) is 0.375. The molecule has 0 fully saturated rings. The van der Waals surface area contributed by atoms with Crippen LogP contribution < -0.4 is 21.5 Å². The number of carbonyl (C=O) groups excluding carboxylic acids is 2. The number of ether oxygens (including phenoxy) is 1. The Labute approximate surface area is 196 Å². The van der Waals surface area contributed by atoms with Crippen molar-refractivity contribution in [2.75, 3.05) is 7.11 Å². The van der Waals surface area contributed by atoms with Crippen molar-refractivity contribution in [1.82, 2.24) is 10.4 Å². The summed E-state index contributed by atoms with van der Waals surface area (Å²) in [6.45, 7) is 9.82. The Morgan fingerprint density at radius 2 is 2.00 bits per heavy atom. The Hall–Kier alpha value is -3.33. The van der Waals surface area contributed by atoms with Crippen molar-refractivity contribution in [1.29, 1.82) is 0 Å². The molecule has 2 aromatic rings. The van der Waals surface area contributed by atoms with Gasteiger partial charge in [0.2, 0.25) is 0 Å². The minimum Gasteiger partial charge on any atom is -0.496 e. The highest BCUT2D eigenvalue weighted by Crippen LogP contribution is 2.28. The summed E-state index contributed by atoms with van der Waals surface area (Å²) in [5.41, 5.74) is 5.08. The molecule has 2 amide bonds. The second-order valence-electron chi connectivity index (χ2n) is 8.89. The number of amides is 2. The standard InChI is InChI=1S/C24H33BN4O4/c1-7-21(24(3,4)5)29(28-22(30)18-9-8-10-20(33-6)15(18)2)23(31)16-11-12-17(14-27-26)19(13-16)25-32/h8-14,21,25,32H,7,26H2,1-6H3,(H,28,30)/b27-14-/t21-/m1/s1. The molecular weight excluding hydrogens is 419 g/mol. The summed E-state index contributed by atoms with van der Waals surface area (Å²) in [5, 5.41) is 14.6. The number of nitrogens with zero attached hydrogens (tertiary/aromatic N) is 2. The topological polar surface area (TPSA) is 117 Å². The Bertz CT molecular complexity index is 1030. The number of nitrogens with two attached hydrogens (primary N) is 1. The van der Waals surface area contributed by atoms with Gasteiger partial charge in [0.25, 0.3) is 11.8 Å². The van der Waals surface area contributed by atoms with Crippen molar-refractivity contribution in [3.05, 3.63) is 58.7 Å². The van der Waals surface area contributed by atoms with E-state index < -0.39 is 5.91 Å². The maximum atomic E-state index is 13.7. The van der Waals surface area contributed by atoms with Crippen LogP contribution in [0.3, 0.4) is 0 Å². The molecule has 0 spiro atoms. The first-order valence-corrected chi connectivity index (χ1v) is 10.8. The average Bonchev–Trinajstić information content (AvgIpc) is 2.78. The first kappa shape index (κ1) is 25.9. The van der Waals surface area contributed by atoms with Crippen molar-refractivity contribution in [3.8, 4) is 5.75 Å². The van der Waals surface area contributed by atoms with E-state index in [1.807, 2.05) is 27.7 Å². The zero-order chi connectivity index (χ0) is 24.8. The summed E-state index contributed by atoms with van der Waals surface area (Å²) in [4.78, 5) is 26.9. The van der Waals surface area contributed by atoms with Gasteiger partial charge in [-0.2, -0.15) is 5.10 Å². The van der Waals surface area contributed by atoms with E-state index in [1.165, 1.54) is 11.2 Å². The Balaban J connectivity index is 2.51. The fourth-order valence-electron chi connectivity index (χ4n) is 3.92. The highest BCUT2D eigenvalue weighted by Gasteiger charge is 2.34. The lowest BCUT2D eigenvalue weighted by Gasteiger charge is -2.39. The highest BCUT2D eigenvalue weighted by molar-refractivity contribution is 6.47. The van der Waals surface area contributed by atoms with E-state index in [1.54, 1.807) is 50.4 Å². The molecule has 2 rings (SSSR count). The van der Waals surface area contributed by atoms with Crippen molar-refractivity contribution in [2.45, 2.75) is 47.1 Å². The van der Waals surface area contributed by atoms with Crippen LogP contribution in [0.1, 0.15) is 66.0 Å². The van der Waals surface area contributed by atoms with Gasteiger partial charge >= 0.3 is 7.48 Å². The summed E-state index contributed by atoms with van der Waals surface area (Å²) in [6, 6.07) is 9.80. The maximum Gasteiger partial charge on any atom is 0.305 e. The molecule has 0 aromatic heterocycles. The molecule has 0 saturated carbocycles. The lowest BCUT2D eigenvalue weighted by molar-refractivity contribution is 0.0284. The summed E-state index contributed by atoms with van der Waals surface area (Å²) in [6.07, 6.45) is 2.03. The smallest absolute Gasteiger partial charge is 0.305 e. The third-order valence-corrected chi connectivity index (χ3v) is 5.66. The van der Waals surface area contributed by atoms with Crippen LogP contribution in [0.5, 0.6) is 5.75 Å². The summed E-state index contributed by atoms with van der Waals surface area (Å²) in [7, 11) is 1.26. The van der Waals surface area contributed by atoms with Crippen LogP contribution in [-0.4, -0.2) is 48.7 Å². The van der Waals surface area contributed by atoms with Gasteiger partial charge in [-0.25, -0.2) is 5.01 Å². The van der Waals surface area contributed by atoms with Gasteiger partial charge in [-0.05, 0) is 48.0 Å². The third-order valence-electron chi connectivity index (χ3n) is 5.66. The molecule has 0 unspecified atom stereocenters. The molecule has 4 N–H and O–H groups in total. The van der Waals surface area contributed by atoms with Crippen LogP contribution in [0, 0.1) is 12.3 Å². The first-order valence-electron chi connectivity index (χ1n) is 10.8. The van der Waals surface area contributed by atoms with Gasteiger partial charge in [0.15, 0.2) is 0 Å². The lowest BCUT2D eigenvalue weighted by Crippen LogP contribution is -2.56. The second-order valence-corrected chi connectivity index (χ2v) is 8.89. The van der Waals surface area contributed by atoms with E-state index in [9.17, 15) is 14.6 Å². The molecule has 0 aliphatic rings. The van der Waals surface area contributed by atoms with Crippen LogP contribution in [0.2, 0.25) is 0 Å². The number of hydrogen-bond acceptors (Lipinski definition) is 6. The van der Waals surface area contributed by atoms with Crippen molar-refractivity contribution in [3.63, 3.8) is 0 Å². The molecule has 0 aliphatic heterocycles. The molecule has 0 saturated heterocycles. The number of hydrazone groups is 1. The monoisotopic (exact) mass is 452 g/mol. The number of hydrazine groups is 1. The molecule has 8 nitrogen and oxygen atoms in total. The van der Waals surface area contributed by atoms with Crippen molar-refractivity contribution >= 4 is 31.0 Å². The fourth-order valence-corrected chi connectivity index (χ4v) is 3.92. The third kappa shape index (κ3) is 5.93. The minimum atomic E-state index is -0.406. The highest BCUT2D eigenvalue weighted by atomic mass is 16.5. The average molecular weight is 452 g/mol. The van der Waals surface area contributed by atoms with Crippen LogP contribution in [-0.2, 0) is 0 Å². The minimum absolute atomic E-state index is 0.283. The molecule has 9 heteroatoms. The number of nitrogens with one attached hydrogen (secondary N) is 1. The molecular formula is C24H33BN4O4. The zero-order valence-corrected chi connectivity index (χ0v) is 20.2. The normalized spacial score (nSPS) is 12.3. The van der Waals surface area contributed by atoms with E-state index in [-0.39, 0.29) is 24.8 Å². The molecule has 0 bridgehead atoms. The zero-order valence-electron chi connectivity index (χ0n) is 20.2. The van der Waals surface area contributed by atoms with Gasteiger partial charge < -0.3 is 15.6 Å². The molecule has 0 aliphatic carbocycles. The largest absolute Gasteiger partial charge is 0.496 e. The van der Waals surface area contributed by atoms with Gasteiger partial charge in [0.1, 0.15) is 5.75 Å². The van der Waals surface area contributed by atoms with Gasteiger partial charge in [0, 0.05) is 16.7 Å². The predicted octanol–water partition coefficient (Wildman–Crippen LogP) is 1.88. The van der Waals surface area contributed by atoms with Crippen LogP contribution in [0.4, 0.5) is 0 Å². The SMILES string of the molecule is CC[C@@H](N(NC(=O)c1cccc(OC)c1C)C(=O)c1ccc(/C=N\N)c(BO)c1)C(C)(C)C. The second kappa shape index (κ2) is 11.0. The number of methoxy groups -OCH3 is 1. The quantitative estimate of drug-likeness (QED) is 0.257. The van der Waals surface area contributed by atoms with Crippen LogP contribution in [0.15, 0.2) is 41.5 Å². The molecule has 0 radical (unpaired) electrons. The summed E-state index contributed by atoms with van der Waals surface area (Å²) in [5.74, 6) is 5.04. The number of carbonyl (C=O) groups is 2.